The van der Waals surface area contributed by atoms with Gasteiger partial charge in [-0.1, -0.05) is 25.4 Å². The van der Waals surface area contributed by atoms with E-state index in [0.29, 0.717) is 35.7 Å². The van der Waals surface area contributed by atoms with Crippen LogP contribution in [0.3, 0.4) is 0 Å². The van der Waals surface area contributed by atoms with Crippen molar-refractivity contribution in [3.8, 4) is 11.5 Å². The van der Waals surface area contributed by atoms with E-state index in [9.17, 15) is 0 Å². The lowest BCUT2D eigenvalue weighted by molar-refractivity contribution is 0.287. The Hall–Kier alpha value is -0.600. The summed E-state index contributed by atoms with van der Waals surface area (Å²) in [5.41, 5.74) is 0.906. The molecule has 0 amide bonds. The number of alkyl halides is 1. The standard InChI is InChI=1S/C15H22Cl2O2/c1-5-18-14-8-11(12(16)7-10(3)4)13(17)9-15(14)19-6-2/h8-10,12H,5-7H2,1-4H3. The molecule has 1 unspecified atom stereocenters. The molecule has 0 aliphatic heterocycles. The van der Waals surface area contributed by atoms with Gasteiger partial charge in [0, 0.05) is 11.1 Å². The minimum atomic E-state index is -0.109. The van der Waals surface area contributed by atoms with Gasteiger partial charge in [0.1, 0.15) is 0 Å². The first kappa shape index (κ1) is 16.5. The molecule has 0 N–H and O–H groups in total. The normalized spacial score (nSPS) is 12.6. The lowest BCUT2D eigenvalue weighted by atomic mass is 10.0. The summed E-state index contributed by atoms with van der Waals surface area (Å²) in [5.74, 6) is 1.89. The van der Waals surface area contributed by atoms with Crippen LogP contribution >= 0.6 is 23.2 Å². The van der Waals surface area contributed by atoms with E-state index in [1.165, 1.54) is 0 Å². The highest BCUT2D eigenvalue weighted by molar-refractivity contribution is 6.33. The van der Waals surface area contributed by atoms with E-state index in [1.54, 1.807) is 6.07 Å². The largest absolute Gasteiger partial charge is 0.490 e. The van der Waals surface area contributed by atoms with Crippen LogP contribution in [-0.2, 0) is 0 Å². The molecule has 0 aliphatic carbocycles. The summed E-state index contributed by atoms with van der Waals surface area (Å²) in [7, 11) is 0. The zero-order valence-electron chi connectivity index (χ0n) is 12.0. The Kier molecular flexibility index (Phi) is 6.81. The topological polar surface area (TPSA) is 18.5 Å². The second-order valence-electron chi connectivity index (χ2n) is 4.78. The number of hydrogen-bond acceptors (Lipinski definition) is 2. The molecular weight excluding hydrogens is 283 g/mol. The van der Waals surface area contributed by atoms with Gasteiger partial charge in [0.15, 0.2) is 11.5 Å². The smallest absolute Gasteiger partial charge is 0.162 e. The van der Waals surface area contributed by atoms with Crippen molar-refractivity contribution in [1.29, 1.82) is 0 Å². The van der Waals surface area contributed by atoms with Gasteiger partial charge in [0.25, 0.3) is 0 Å². The van der Waals surface area contributed by atoms with Gasteiger partial charge in [-0.25, -0.2) is 0 Å². The van der Waals surface area contributed by atoms with Crippen molar-refractivity contribution in [2.45, 2.75) is 39.5 Å². The first-order valence-corrected chi connectivity index (χ1v) is 7.54. The Morgan fingerprint density at radius 1 is 1.05 bits per heavy atom. The minimum absolute atomic E-state index is 0.109. The summed E-state index contributed by atoms with van der Waals surface area (Å²) in [6, 6.07) is 3.69. The molecule has 1 rings (SSSR count). The van der Waals surface area contributed by atoms with Gasteiger partial charge in [0.05, 0.1) is 18.6 Å². The maximum atomic E-state index is 6.43. The average molecular weight is 305 g/mol. The molecule has 0 aliphatic rings. The van der Waals surface area contributed by atoms with Gasteiger partial charge in [-0.15, -0.1) is 11.6 Å². The van der Waals surface area contributed by atoms with Gasteiger partial charge >= 0.3 is 0 Å². The Bertz CT molecular complexity index is 405. The summed E-state index contributed by atoms with van der Waals surface area (Å²) >= 11 is 12.7. The van der Waals surface area contributed by atoms with Crippen LogP contribution in [0.15, 0.2) is 12.1 Å². The molecule has 108 valence electrons. The second kappa shape index (κ2) is 7.86. The molecule has 2 nitrogen and oxygen atoms in total. The maximum absolute atomic E-state index is 6.43. The molecule has 0 heterocycles. The quantitative estimate of drug-likeness (QED) is 0.622. The molecule has 1 atom stereocenters. The highest BCUT2D eigenvalue weighted by Crippen LogP contribution is 2.40. The molecule has 4 heteroatoms. The van der Waals surface area contributed by atoms with Crippen molar-refractivity contribution >= 4 is 23.2 Å². The average Bonchev–Trinajstić information content (AvgIpc) is 2.31. The van der Waals surface area contributed by atoms with Crippen molar-refractivity contribution in [1.82, 2.24) is 0 Å². The molecule has 0 bridgehead atoms. The highest BCUT2D eigenvalue weighted by Gasteiger charge is 2.18. The van der Waals surface area contributed by atoms with Crippen LogP contribution in [0.4, 0.5) is 0 Å². The van der Waals surface area contributed by atoms with Crippen molar-refractivity contribution in [2.24, 2.45) is 5.92 Å². The van der Waals surface area contributed by atoms with Crippen LogP contribution in [0.1, 0.15) is 45.1 Å². The van der Waals surface area contributed by atoms with E-state index >= 15 is 0 Å². The zero-order valence-corrected chi connectivity index (χ0v) is 13.5. The summed E-state index contributed by atoms with van der Waals surface area (Å²) < 4.78 is 11.1. The van der Waals surface area contributed by atoms with Crippen LogP contribution in [0, 0.1) is 5.92 Å². The Morgan fingerprint density at radius 3 is 2.05 bits per heavy atom. The predicted octanol–water partition coefficient (Wildman–Crippen LogP) is 5.46. The Labute approximate surface area is 126 Å². The third-order valence-electron chi connectivity index (χ3n) is 2.68. The second-order valence-corrected chi connectivity index (χ2v) is 5.72. The fourth-order valence-electron chi connectivity index (χ4n) is 1.87. The summed E-state index contributed by atoms with van der Waals surface area (Å²) in [4.78, 5) is 0. The van der Waals surface area contributed by atoms with Crippen LogP contribution in [0.25, 0.3) is 0 Å². The summed E-state index contributed by atoms with van der Waals surface area (Å²) in [6.07, 6.45) is 0.876. The van der Waals surface area contributed by atoms with Crippen molar-refractivity contribution in [3.63, 3.8) is 0 Å². The third kappa shape index (κ3) is 4.77. The highest BCUT2D eigenvalue weighted by atomic mass is 35.5. The summed E-state index contributed by atoms with van der Waals surface area (Å²) in [6.45, 7) is 9.31. The van der Waals surface area contributed by atoms with Gasteiger partial charge < -0.3 is 9.47 Å². The number of ether oxygens (including phenoxy) is 2. The summed E-state index contributed by atoms with van der Waals surface area (Å²) in [5, 5.41) is 0.523. The van der Waals surface area contributed by atoms with E-state index in [1.807, 2.05) is 19.9 Å². The van der Waals surface area contributed by atoms with Gasteiger partial charge in [-0.2, -0.15) is 0 Å². The van der Waals surface area contributed by atoms with E-state index in [0.717, 1.165) is 12.0 Å². The first-order valence-electron chi connectivity index (χ1n) is 6.72. The van der Waals surface area contributed by atoms with Gasteiger partial charge in [-0.3, -0.25) is 0 Å². The number of hydrogen-bond donors (Lipinski definition) is 0. The van der Waals surface area contributed by atoms with Crippen molar-refractivity contribution in [2.75, 3.05) is 13.2 Å². The maximum Gasteiger partial charge on any atom is 0.162 e. The fraction of sp³-hybridized carbons (Fsp3) is 0.600. The van der Waals surface area contributed by atoms with Crippen molar-refractivity contribution < 1.29 is 9.47 Å². The van der Waals surface area contributed by atoms with E-state index < -0.39 is 0 Å². The molecule has 19 heavy (non-hydrogen) atoms. The molecule has 0 saturated heterocycles. The van der Waals surface area contributed by atoms with Gasteiger partial charge in [-0.05, 0) is 37.8 Å². The van der Waals surface area contributed by atoms with Crippen LogP contribution in [0.2, 0.25) is 5.02 Å². The molecule has 0 aromatic heterocycles. The monoisotopic (exact) mass is 304 g/mol. The van der Waals surface area contributed by atoms with Crippen molar-refractivity contribution in [3.05, 3.63) is 22.7 Å². The number of halogens is 2. The Balaban J connectivity index is 3.08. The predicted molar refractivity (Wildman–Crippen MR) is 81.8 cm³/mol. The fourth-order valence-corrected chi connectivity index (χ4v) is 2.75. The molecule has 1 aromatic carbocycles. The molecule has 0 radical (unpaired) electrons. The lowest BCUT2D eigenvalue weighted by Gasteiger charge is -2.18. The van der Waals surface area contributed by atoms with Crippen LogP contribution in [0.5, 0.6) is 11.5 Å². The zero-order chi connectivity index (χ0) is 14.4. The molecule has 0 spiro atoms. The van der Waals surface area contributed by atoms with E-state index in [2.05, 4.69) is 13.8 Å². The first-order chi connectivity index (χ1) is 8.99. The Morgan fingerprint density at radius 2 is 1.58 bits per heavy atom. The van der Waals surface area contributed by atoms with Gasteiger partial charge in [0.2, 0.25) is 0 Å². The molecule has 1 aromatic rings. The SMILES string of the molecule is CCOc1cc(Cl)c(C(Cl)CC(C)C)cc1OCC. The van der Waals surface area contributed by atoms with E-state index in [-0.39, 0.29) is 5.38 Å². The van der Waals surface area contributed by atoms with E-state index in [4.69, 9.17) is 32.7 Å². The molecule has 0 fully saturated rings. The van der Waals surface area contributed by atoms with Crippen LogP contribution < -0.4 is 9.47 Å². The minimum Gasteiger partial charge on any atom is -0.490 e. The third-order valence-corrected chi connectivity index (χ3v) is 3.42. The lowest BCUT2D eigenvalue weighted by Crippen LogP contribution is -2.02. The van der Waals surface area contributed by atoms with Crippen LogP contribution in [-0.4, -0.2) is 13.2 Å². The molecular formula is C15H22Cl2O2. The molecule has 0 saturated carbocycles. The number of benzene rings is 1. The number of rotatable bonds is 7.